The van der Waals surface area contributed by atoms with E-state index in [0.29, 0.717) is 23.7 Å². The van der Waals surface area contributed by atoms with Gasteiger partial charge in [-0.15, -0.1) is 0 Å². The van der Waals surface area contributed by atoms with Crippen molar-refractivity contribution in [3.05, 3.63) is 54.1 Å². The Hall–Kier alpha value is -2.69. The Balaban J connectivity index is 1.91. The second-order valence-corrected chi connectivity index (χ2v) is 5.16. The van der Waals surface area contributed by atoms with E-state index in [1.165, 1.54) is 10.5 Å². The van der Waals surface area contributed by atoms with Gasteiger partial charge in [0.1, 0.15) is 5.75 Å². The highest BCUT2D eigenvalue weighted by Gasteiger charge is 2.07. The van der Waals surface area contributed by atoms with Crippen LogP contribution in [0.1, 0.15) is 5.56 Å². The Morgan fingerprint density at radius 3 is 2.55 bits per heavy atom. The minimum atomic E-state index is -0.197. The van der Waals surface area contributed by atoms with Crippen LogP contribution in [0, 0.1) is 0 Å². The van der Waals surface area contributed by atoms with Gasteiger partial charge in [0.25, 0.3) is 0 Å². The quantitative estimate of drug-likeness (QED) is 0.834. The summed E-state index contributed by atoms with van der Waals surface area (Å²) in [6, 6.07) is 15.2. The van der Waals surface area contributed by atoms with E-state index >= 15 is 0 Å². The van der Waals surface area contributed by atoms with Gasteiger partial charge in [0.05, 0.1) is 12.3 Å². The first-order chi connectivity index (χ1) is 10.6. The molecule has 0 bridgehead atoms. The van der Waals surface area contributed by atoms with Crippen molar-refractivity contribution in [2.24, 2.45) is 0 Å². The zero-order chi connectivity index (χ0) is 15.9. The maximum Gasteiger partial charge on any atom is 0.321 e. The second kappa shape index (κ2) is 7.36. The monoisotopic (exact) mass is 299 g/mol. The number of hydrogen-bond acceptors (Lipinski definition) is 3. The highest BCUT2D eigenvalue weighted by Crippen LogP contribution is 2.25. The fourth-order valence-corrected chi connectivity index (χ4v) is 1.92. The third-order valence-electron chi connectivity index (χ3n) is 3.16. The van der Waals surface area contributed by atoms with Crippen LogP contribution in [0.5, 0.6) is 5.75 Å². The number of benzene rings is 2. The molecule has 22 heavy (non-hydrogen) atoms. The van der Waals surface area contributed by atoms with E-state index in [1.807, 2.05) is 18.2 Å². The van der Waals surface area contributed by atoms with E-state index in [1.54, 1.807) is 32.3 Å². The van der Waals surface area contributed by atoms with E-state index in [4.69, 9.17) is 10.5 Å². The molecule has 0 heterocycles. The van der Waals surface area contributed by atoms with Crippen molar-refractivity contribution in [3.8, 4) is 5.75 Å². The number of nitrogens with one attached hydrogen (secondary N) is 1. The molecular weight excluding hydrogens is 278 g/mol. The number of nitrogens with two attached hydrogens (primary N) is 1. The summed E-state index contributed by atoms with van der Waals surface area (Å²) in [7, 11) is 3.36. The summed E-state index contributed by atoms with van der Waals surface area (Å²) >= 11 is 0. The van der Waals surface area contributed by atoms with E-state index < -0.39 is 0 Å². The average Bonchev–Trinajstić information content (AvgIpc) is 2.50. The Bertz CT molecular complexity index is 627. The first-order valence-corrected chi connectivity index (χ1v) is 7.11. The van der Waals surface area contributed by atoms with Gasteiger partial charge in [0.15, 0.2) is 0 Å². The van der Waals surface area contributed by atoms with Crippen LogP contribution in [0.3, 0.4) is 0 Å². The van der Waals surface area contributed by atoms with Crippen molar-refractivity contribution in [1.82, 2.24) is 4.90 Å². The molecule has 0 fully saturated rings. The summed E-state index contributed by atoms with van der Waals surface area (Å²) in [6.45, 7) is 0.553. The Labute approximate surface area is 130 Å². The summed E-state index contributed by atoms with van der Waals surface area (Å²) in [5, 5.41) is 2.74. The maximum absolute atomic E-state index is 11.6. The predicted molar refractivity (Wildman–Crippen MR) is 89.2 cm³/mol. The fraction of sp³-hybridized carbons (Fsp3) is 0.235. The van der Waals surface area contributed by atoms with Gasteiger partial charge in [0.2, 0.25) is 0 Å². The third-order valence-corrected chi connectivity index (χ3v) is 3.16. The molecule has 2 amide bonds. The standard InChI is InChI=1S/C17H21N3O2/c1-20(2)17(21)19-14-8-9-16(15(18)12-14)22-11-10-13-6-4-3-5-7-13/h3-9,12H,10-11,18H2,1-2H3,(H,19,21). The number of carbonyl (C=O) groups excluding carboxylic acids is 1. The first-order valence-electron chi connectivity index (χ1n) is 7.11. The van der Waals surface area contributed by atoms with Gasteiger partial charge in [-0.3, -0.25) is 0 Å². The zero-order valence-electron chi connectivity index (χ0n) is 12.9. The predicted octanol–water partition coefficient (Wildman–Crippen LogP) is 2.98. The largest absolute Gasteiger partial charge is 0.491 e. The summed E-state index contributed by atoms with van der Waals surface area (Å²) in [5.41, 5.74) is 8.33. The van der Waals surface area contributed by atoms with E-state index in [0.717, 1.165) is 6.42 Å². The summed E-state index contributed by atoms with van der Waals surface area (Å²) in [5.74, 6) is 0.624. The lowest BCUT2D eigenvalue weighted by molar-refractivity contribution is 0.230. The lowest BCUT2D eigenvalue weighted by Gasteiger charge is -2.14. The molecule has 0 aromatic heterocycles. The number of rotatable bonds is 5. The van der Waals surface area contributed by atoms with Gasteiger partial charge in [-0.25, -0.2) is 4.79 Å². The van der Waals surface area contributed by atoms with E-state index in [9.17, 15) is 4.79 Å². The third kappa shape index (κ3) is 4.41. The molecule has 0 aliphatic rings. The molecule has 0 radical (unpaired) electrons. The lowest BCUT2D eigenvalue weighted by Crippen LogP contribution is -2.27. The molecule has 0 aliphatic heterocycles. The van der Waals surface area contributed by atoms with Crippen LogP contribution in [0.2, 0.25) is 0 Å². The van der Waals surface area contributed by atoms with Gasteiger partial charge in [-0.2, -0.15) is 0 Å². The Morgan fingerprint density at radius 1 is 1.18 bits per heavy atom. The molecule has 0 unspecified atom stereocenters. The molecule has 3 N–H and O–H groups in total. The van der Waals surface area contributed by atoms with Crippen molar-refractivity contribution in [3.63, 3.8) is 0 Å². The molecular formula is C17H21N3O2. The molecule has 0 spiro atoms. The van der Waals surface area contributed by atoms with Crippen LogP contribution < -0.4 is 15.8 Å². The molecule has 2 aromatic rings. The molecule has 0 aliphatic carbocycles. The number of nitrogen functional groups attached to an aromatic ring is 1. The molecule has 0 atom stereocenters. The molecule has 5 nitrogen and oxygen atoms in total. The van der Waals surface area contributed by atoms with Crippen molar-refractivity contribution in [1.29, 1.82) is 0 Å². The number of nitrogens with zero attached hydrogens (tertiary/aromatic N) is 1. The van der Waals surface area contributed by atoms with Gasteiger partial charge in [-0.1, -0.05) is 30.3 Å². The number of anilines is 2. The molecule has 116 valence electrons. The fourth-order valence-electron chi connectivity index (χ4n) is 1.92. The Kier molecular flexibility index (Phi) is 5.25. The van der Waals surface area contributed by atoms with Crippen LogP contribution in [0.15, 0.2) is 48.5 Å². The SMILES string of the molecule is CN(C)C(=O)Nc1ccc(OCCc2ccccc2)c(N)c1. The van der Waals surface area contributed by atoms with Crippen molar-refractivity contribution in [2.75, 3.05) is 31.8 Å². The minimum absolute atomic E-state index is 0.197. The van der Waals surface area contributed by atoms with Gasteiger partial charge >= 0.3 is 6.03 Å². The van der Waals surface area contributed by atoms with E-state index in [-0.39, 0.29) is 6.03 Å². The highest BCUT2D eigenvalue weighted by molar-refractivity contribution is 5.89. The molecule has 2 aromatic carbocycles. The molecule has 0 saturated heterocycles. The molecule has 5 heteroatoms. The van der Waals surface area contributed by atoms with Crippen LogP contribution in [0.4, 0.5) is 16.2 Å². The normalized spacial score (nSPS) is 10.1. The van der Waals surface area contributed by atoms with Crippen LogP contribution >= 0.6 is 0 Å². The molecule has 2 rings (SSSR count). The number of hydrogen-bond donors (Lipinski definition) is 2. The van der Waals surface area contributed by atoms with Crippen molar-refractivity contribution < 1.29 is 9.53 Å². The summed E-state index contributed by atoms with van der Waals surface area (Å²) < 4.78 is 5.70. The summed E-state index contributed by atoms with van der Waals surface area (Å²) in [4.78, 5) is 13.0. The van der Waals surface area contributed by atoms with Crippen molar-refractivity contribution in [2.45, 2.75) is 6.42 Å². The number of urea groups is 1. The van der Waals surface area contributed by atoms with Crippen molar-refractivity contribution >= 4 is 17.4 Å². The average molecular weight is 299 g/mol. The number of amides is 2. The van der Waals surface area contributed by atoms with Gasteiger partial charge in [-0.05, 0) is 23.8 Å². The maximum atomic E-state index is 11.6. The lowest BCUT2D eigenvalue weighted by atomic mass is 10.2. The highest BCUT2D eigenvalue weighted by atomic mass is 16.5. The van der Waals surface area contributed by atoms with Crippen LogP contribution in [0.25, 0.3) is 0 Å². The smallest absolute Gasteiger partial charge is 0.321 e. The summed E-state index contributed by atoms with van der Waals surface area (Å²) in [6.07, 6.45) is 0.819. The minimum Gasteiger partial charge on any atom is -0.491 e. The Morgan fingerprint density at radius 2 is 1.91 bits per heavy atom. The van der Waals surface area contributed by atoms with Crippen LogP contribution in [-0.2, 0) is 6.42 Å². The van der Waals surface area contributed by atoms with E-state index in [2.05, 4.69) is 17.4 Å². The zero-order valence-corrected chi connectivity index (χ0v) is 12.9. The topological polar surface area (TPSA) is 67.6 Å². The van der Waals surface area contributed by atoms with Gasteiger partial charge < -0.3 is 20.7 Å². The second-order valence-electron chi connectivity index (χ2n) is 5.16. The molecule has 0 saturated carbocycles. The number of carbonyl (C=O) groups is 1. The van der Waals surface area contributed by atoms with Gasteiger partial charge in [0, 0.05) is 26.2 Å². The van der Waals surface area contributed by atoms with Crippen LogP contribution in [-0.4, -0.2) is 31.6 Å². The number of ether oxygens (including phenoxy) is 1. The first kappa shape index (κ1) is 15.7.